The number of likely N-dealkylation sites (tertiary alicyclic amines) is 1. The second kappa shape index (κ2) is 9.05. The van der Waals surface area contributed by atoms with Gasteiger partial charge in [-0.05, 0) is 37.1 Å². The number of hydrogen-bond donors (Lipinski definition) is 1. The predicted octanol–water partition coefficient (Wildman–Crippen LogP) is 2.37. The number of rotatable bonds is 5. The Kier molecular flexibility index (Phi) is 6.22. The molecule has 0 bridgehead atoms. The van der Waals surface area contributed by atoms with Crippen LogP contribution in [0.3, 0.4) is 0 Å². The summed E-state index contributed by atoms with van der Waals surface area (Å²) in [6.07, 6.45) is 3.09. The van der Waals surface area contributed by atoms with E-state index in [1.807, 2.05) is 24.3 Å². The minimum atomic E-state index is -0.619. The van der Waals surface area contributed by atoms with Crippen molar-refractivity contribution in [1.82, 2.24) is 9.88 Å². The fraction of sp³-hybridized carbons (Fsp3) is 0.364. The number of carbonyl (C=O) groups excluding carboxylic acids is 3. The summed E-state index contributed by atoms with van der Waals surface area (Å²) in [6.45, 7) is 1.46. The molecule has 0 spiro atoms. The highest BCUT2D eigenvalue weighted by Gasteiger charge is 2.38. The molecule has 1 aromatic carbocycles. The van der Waals surface area contributed by atoms with Crippen LogP contribution in [-0.2, 0) is 9.59 Å². The second-order valence-corrected chi connectivity index (χ2v) is 8.71. The number of anilines is 1. The number of aromatic nitrogens is 1. The number of carbonyl (C=O) groups is 3. The van der Waals surface area contributed by atoms with E-state index in [1.165, 1.54) is 12.3 Å². The average molecular weight is 487 g/mol. The zero-order valence-electron chi connectivity index (χ0n) is 16.9. The van der Waals surface area contributed by atoms with Gasteiger partial charge >= 0.3 is 0 Å². The lowest BCUT2D eigenvalue weighted by Gasteiger charge is -2.34. The topological polar surface area (TPSA) is 106 Å². The lowest BCUT2D eigenvalue weighted by atomic mass is 10.0. The van der Waals surface area contributed by atoms with Gasteiger partial charge in [0.05, 0.1) is 12.5 Å². The van der Waals surface area contributed by atoms with Crippen LogP contribution in [0.25, 0.3) is 0 Å². The number of ether oxygens (including phenoxy) is 1. The summed E-state index contributed by atoms with van der Waals surface area (Å²) in [5.74, 6) is -0.553. The Bertz CT molecular complexity index is 1010. The number of piperidine rings is 1. The zero-order chi connectivity index (χ0) is 22.0. The number of benzene rings is 1. The van der Waals surface area contributed by atoms with Crippen molar-refractivity contribution in [2.24, 2.45) is 11.7 Å². The van der Waals surface area contributed by atoms with E-state index in [0.717, 1.165) is 23.0 Å². The largest absolute Gasteiger partial charge is 0.488 e. The Morgan fingerprint density at radius 2 is 2.03 bits per heavy atom. The van der Waals surface area contributed by atoms with Gasteiger partial charge in [0, 0.05) is 41.9 Å². The molecule has 2 saturated heterocycles. The summed E-state index contributed by atoms with van der Waals surface area (Å²) >= 11 is 3.43. The molecule has 2 N–H and O–H groups in total. The fourth-order valence-corrected chi connectivity index (χ4v) is 4.46. The molecule has 3 heterocycles. The Morgan fingerprint density at radius 3 is 2.81 bits per heavy atom. The first-order valence-electron chi connectivity index (χ1n) is 10.2. The Hall–Kier alpha value is -2.94. The maximum absolute atomic E-state index is 13.1. The van der Waals surface area contributed by atoms with Gasteiger partial charge in [-0.2, -0.15) is 0 Å². The molecule has 2 atom stereocenters. The van der Waals surface area contributed by atoms with Gasteiger partial charge in [0.15, 0.2) is 0 Å². The molecule has 162 valence electrons. The van der Waals surface area contributed by atoms with Crippen molar-refractivity contribution < 1.29 is 19.1 Å². The summed E-state index contributed by atoms with van der Waals surface area (Å²) in [6, 6.07) is 10.7. The summed E-state index contributed by atoms with van der Waals surface area (Å²) in [5.41, 5.74) is 6.20. The van der Waals surface area contributed by atoms with E-state index in [9.17, 15) is 14.4 Å². The van der Waals surface area contributed by atoms with Crippen molar-refractivity contribution in [2.45, 2.75) is 25.4 Å². The monoisotopic (exact) mass is 486 g/mol. The second-order valence-electron chi connectivity index (χ2n) is 7.79. The summed E-state index contributed by atoms with van der Waals surface area (Å²) in [7, 11) is 0. The minimum Gasteiger partial charge on any atom is -0.488 e. The van der Waals surface area contributed by atoms with Crippen LogP contribution in [0.4, 0.5) is 5.69 Å². The third-order valence-electron chi connectivity index (χ3n) is 5.57. The van der Waals surface area contributed by atoms with E-state index in [0.29, 0.717) is 25.4 Å². The highest BCUT2D eigenvalue weighted by molar-refractivity contribution is 9.10. The molecule has 2 aliphatic rings. The van der Waals surface area contributed by atoms with Gasteiger partial charge in [0.25, 0.3) is 5.91 Å². The van der Waals surface area contributed by atoms with Crippen LogP contribution in [-0.4, -0.2) is 53.3 Å². The molecule has 31 heavy (non-hydrogen) atoms. The molecule has 8 nitrogen and oxygen atoms in total. The molecule has 2 aromatic rings. The van der Waals surface area contributed by atoms with Gasteiger partial charge in [-0.1, -0.05) is 22.0 Å². The lowest BCUT2D eigenvalue weighted by Crippen LogP contribution is -2.47. The van der Waals surface area contributed by atoms with Crippen LogP contribution in [0, 0.1) is 5.92 Å². The molecule has 1 aromatic heterocycles. The quantitative estimate of drug-likeness (QED) is 0.697. The fourth-order valence-electron chi connectivity index (χ4n) is 4.07. The molecule has 2 aliphatic heterocycles. The molecule has 9 heteroatoms. The highest BCUT2D eigenvalue weighted by Crippen LogP contribution is 2.29. The molecular weight excluding hydrogens is 464 g/mol. The molecule has 0 aliphatic carbocycles. The molecule has 2 unspecified atom stereocenters. The number of nitrogens with two attached hydrogens (primary N) is 1. The molecule has 3 amide bonds. The molecule has 2 fully saturated rings. The standard InChI is InChI=1S/C22H23BrN4O4/c23-15-3-1-4-16(10-15)27-12-14(9-20(27)28)22(30)26-8-2-5-18(13-26)31-17-6-7-25-19(11-17)21(24)29/h1,3-4,6-7,10-11,14,18H,2,5,8-9,12-13H2,(H2,24,29). The summed E-state index contributed by atoms with van der Waals surface area (Å²) in [4.78, 5) is 44.4. The van der Waals surface area contributed by atoms with Gasteiger partial charge < -0.3 is 20.3 Å². The SMILES string of the molecule is NC(=O)c1cc(OC2CCCN(C(=O)C3CC(=O)N(c4cccc(Br)c4)C3)C2)ccn1. The zero-order valence-corrected chi connectivity index (χ0v) is 18.5. The van der Waals surface area contributed by atoms with Crippen LogP contribution >= 0.6 is 15.9 Å². The maximum Gasteiger partial charge on any atom is 0.267 e. The normalized spacial score (nSPS) is 21.3. The Balaban J connectivity index is 1.39. The maximum atomic E-state index is 13.1. The first kappa shape index (κ1) is 21.3. The molecule has 4 rings (SSSR count). The van der Waals surface area contributed by atoms with Gasteiger partial charge in [-0.15, -0.1) is 0 Å². The third-order valence-corrected chi connectivity index (χ3v) is 6.06. The van der Waals surface area contributed by atoms with Crippen molar-refractivity contribution in [3.8, 4) is 5.75 Å². The number of hydrogen-bond acceptors (Lipinski definition) is 5. The summed E-state index contributed by atoms with van der Waals surface area (Å²) in [5, 5.41) is 0. The van der Waals surface area contributed by atoms with E-state index in [4.69, 9.17) is 10.5 Å². The number of primary amides is 1. The molecule has 0 saturated carbocycles. The molecule has 0 radical (unpaired) electrons. The lowest BCUT2D eigenvalue weighted by molar-refractivity contribution is -0.138. The average Bonchev–Trinajstić information content (AvgIpc) is 3.15. The number of nitrogens with zero attached hydrogens (tertiary/aromatic N) is 3. The van der Waals surface area contributed by atoms with Gasteiger partial charge in [-0.25, -0.2) is 0 Å². The predicted molar refractivity (Wildman–Crippen MR) is 118 cm³/mol. The number of pyridine rings is 1. The molecular formula is C22H23BrN4O4. The van der Waals surface area contributed by atoms with Crippen molar-refractivity contribution in [3.05, 3.63) is 52.8 Å². The van der Waals surface area contributed by atoms with Crippen molar-refractivity contribution in [1.29, 1.82) is 0 Å². The van der Waals surface area contributed by atoms with Crippen LogP contribution < -0.4 is 15.4 Å². The summed E-state index contributed by atoms with van der Waals surface area (Å²) < 4.78 is 6.88. The van der Waals surface area contributed by atoms with E-state index in [-0.39, 0.29) is 36.0 Å². The Morgan fingerprint density at radius 1 is 1.19 bits per heavy atom. The van der Waals surface area contributed by atoms with Gasteiger partial charge in [-0.3, -0.25) is 19.4 Å². The number of halogens is 1. The van der Waals surface area contributed by atoms with Crippen molar-refractivity contribution in [3.63, 3.8) is 0 Å². The van der Waals surface area contributed by atoms with Crippen molar-refractivity contribution >= 4 is 39.3 Å². The first-order chi connectivity index (χ1) is 14.9. The minimum absolute atomic E-state index is 0.0216. The van der Waals surface area contributed by atoms with Crippen molar-refractivity contribution in [2.75, 3.05) is 24.5 Å². The third kappa shape index (κ3) is 4.87. The van der Waals surface area contributed by atoms with Gasteiger partial charge in [0.1, 0.15) is 17.5 Å². The highest BCUT2D eigenvalue weighted by atomic mass is 79.9. The smallest absolute Gasteiger partial charge is 0.267 e. The van der Waals surface area contributed by atoms with E-state index in [1.54, 1.807) is 15.9 Å². The van der Waals surface area contributed by atoms with Gasteiger partial charge in [0.2, 0.25) is 11.8 Å². The van der Waals surface area contributed by atoms with Crippen LogP contribution in [0.2, 0.25) is 0 Å². The van der Waals surface area contributed by atoms with E-state index in [2.05, 4.69) is 20.9 Å². The van der Waals surface area contributed by atoms with E-state index >= 15 is 0 Å². The number of amides is 3. The Labute approximate surface area is 188 Å². The van der Waals surface area contributed by atoms with Crippen LogP contribution in [0.1, 0.15) is 29.8 Å². The van der Waals surface area contributed by atoms with E-state index < -0.39 is 5.91 Å². The van der Waals surface area contributed by atoms with Crippen LogP contribution in [0.5, 0.6) is 5.75 Å². The van der Waals surface area contributed by atoms with Crippen LogP contribution in [0.15, 0.2) is 47.1 Å². The first-order valence-corrected chi connectivity index (χ1v) is 11.0.